The molecule has 0 saturated carbocycles. The highest BCUT2D eigenvalue weighted by Gasteiger charge is 2.37. The fourth-order valence-electron chi connectivity index (χ4n) is 2.25. The van der Waals surface area contributed by atoms with Crippen molar-refractivity contribution in [3.63, 3.8) is 0 Å². The molecule has 2 nitrogen and oxygen atoms in total. The van der Waals surface area contributed by atoms with E-state index in [2.05, 4.69) is 15.9 Å². The van der Waals surface area contributed by atoms with Gasteiger partial charge in [0.1, 0.15) is 0 Å². The summed E-state index contributed by atoms with van der Waals surface area (Å²) in [6.45, 7) is 0.860. The van der Waals surface area contributed by atoms with Gasteiger partial charge in [0.25, 0.3) is 5.91 Å². The van der Waals surface area contributed by atoms with Gasteiger partial charge in [0.2, 0.25) is 0 Å². The first-order valence-electron chi connectivity index (χ1n) is 6.05. The van der Waals surface area contributed by atoms with Crippen molar-refractivity contribution in [1.82, 2.24) is 4.90 Å². The maximum Gasteiger partial charge on any atom is 0.417 e. The van der Waals surface area contributed by atoms with E-state index in [4.69, 9.17) is 11.6 Å². The Hall–Kier alpha value is -0.750. The maximum atomic E-state index is 13.0. The number of benzene rings is 1. The van der Waals surface area contributed by atoms with Crippen LogP contribution in [0, 0.1) is 5.92 Å². The number of carbonyl (C=O) groups is 1. The Balaban J connectivity index is 2.31. The first kappa shape index (κ1) is 15.6. The predicted molar refractivity (Wildman–Crippen MR) is 73.9 cm³/mol. The average molecular weight is 371 g/mol. The van der Waals surface area contributed by atoms with E-state index < -0.39 is 17.6 Å². The zero-order valence-corrected chi connectivity index (χ0v) is 12.7. The lowest BCUT2D eigenvalue weighted by Gasteiger charge is -2.19. The summed E-state index contributed by atoms with van der Waals surface area (Å²) < 4.78 is 39.3. The van der Waals surface area contributed by atoms with Gasteiger partial charge in [-0.05, 0) is 30.5 Å². The van der Waals surface area contributed by atoms with Crippen molar-refractivity contribution in [2.45, 2.75) is 12.6 Å². The number of nitrogens with zero attached hydrogens (tertiary/aromatic N) is 1. The van der Waals surface area contributed by atoms with E-state index in [9.17, 15) is 18.0 Å². The molecule has 0 aliphatic carbocycles. The molecule has 1 atom stereocenters. The zero-order valence-electron chi connectivity index (χ0n) is 10.4. The van der Waals surface area contributed by atoms with Gasteiger partial charge in [0.05, 0.1) is 11.1 Å². The fraction of sp³-hybridized carbons (Fsp3) is 0.462. The number of alkyl halides is 4. The van der Waals surface area contributed by atoms with Crippen LogP contribution in [0.4, 0.5) is 13.2 Å². The summed E-state index contributed by atoms with van der Waals surface area (Å²) in [4.78, 5) is 13.7. The molecule has 0 N–H and O–H groups in total. The normalized spacial score (nSPS) is 19.4. The van der Waals surface area contributed by atoms with Crippen molar-refractivity contribution >= 4 is 33.4 Å². The van der Waals surface area contributed by atoms with Crippen LogP contribution in [0.2, 0.25) is 0 Å². The molecule has 1 heterocycles. The lowest BCUT2D eigenvalue weighted by Crippen LogP contribution is -2.30. The molecule has 1 unspecified atom stereocenters. The molecule has 0 spiro atoms. The minimum absolute atomic E-state index is 0.158. The molecule has 0 bridgehead atoms. The van der Waals surface area contributed by atoms with Crippen molar-refractivity contribution in [2.75, 3.05) is 19.0 Å². The number of rotatable bonds is 2. The first-order valence-corrected chi connectivity index (χ1v) is 7.37. The molecule has 20 heavy (non-hydrogen) atoms. The van der Waals surface area contributed by atoms with Crippen LogP contribution in [-0.2, 0) is 6.18 Å². The fourth-order valence-corrected chi connectivity index (χ4v) is 2.86. The minimum atomic E-state index is -4.56. The minimum Gasteiger partial charge on any atom is -0.338 e. The second-order valence-electron chi connectivity index (χ2n) is 4.75. The van der Waals surface area contributed by atoms with Crippen LogP contribution in [0.25, 0.3) is 0 Å². The Labute approximate surface area is 128 Å². The number of halogens is 5. The number of likely N-dealkylation sites (tertiary alicyclic amines) is 1. The second kappa shape index (κ2) is 5.93. The zero-order chi connectivity index (χ0) is 14.9. The van der Waals surface area contributed by atoms with Gasteiger partial charge in [-0.25, -0.2) is 0 Å². The lowest BCUT2D eigenvalue weighted by molar-refractivity contribution is -0.138. The van der Waals surface area contributed by atoms with Gasteiger partial charge in [-0.1, -0.05) is 15.9 Å². The molecular weight excluding hydrogens is 359 g/mol. The summed E-state index contributed by atoms with van der Waals surface area (Å²) in [5, 5.41) is 0. The summed E-state index contributed by atoms with van der Waals surface area (Å²) in [5.74, 6) is -0.0150. The largest absolute Gasteiger partial charge is 0.417 e. The molecular formula is C13H12BrClF3NO. The van der Waals surface area contributed by atoms with E-state index >= 15 is 0 Å². The highest BCUT2D eigenvalue weighted by molar-refractivity contribution is 9.10. The first-order chi connectivity index (χ1) is 9.32. The summed E-state index contributed by atoms with van der Waals surface area (Å²) in [6.07, 6.45) is -3.83. The third-order valence-corrected chi connectivity index (χ3v) is 4.24. The van der Waals surface area contributed by atoms with Crippen LogP contribution in [0.3, 0.4) is 0 Å². The molecule has 1 fully saturated rings. The summed E-state index contributed by atoms with van der Waals surface area (Å²) >= 11 is 8.72. The molecule has 1 aliphatic rings. The van der Waals surface area contributed by atoms with Gasteiger partial charge >= 0.3 is 6.18 Å². The van der Waals surface area contributed by atoms with E-state index in [1.807, 2.05) is 0 Å². The van der Waals surface area contributed by atoms with Crippen LogP contribution >= 0.6 is 27.5 Å². The predicted octanol–water partition coefficient (Wildman–Crippen LogP) is 4.17. The summed E-state index contributed by atoms with van der Waals surface area (Å²) in [7, 11) is 0. The molecule has 2 rings (SSSR count). The molecule has 1 amide bonds. The van der Waals surface area contributed by atoms with Crippen LogP contribution in [-0.4, -0.2) is 29.8 Å². The van der Waals surface area contributed by atoms with Crippen LogP contribution in [0.1, 0.15) is 22.3 Å². The van der Waals surface area contributed by atoms with E-state index in [1.165, 1.54) is 17.0 Å². The number of hydrogen-bond acceptors (Lipinski definition) is 1. The highest BCUT2D eigenvalue weighted by Crippen LogP contribution is 2.35. The molecule has 110 valence electrons. The van der Waals surface area contributed by atoms with Gasteiger partial charge in [0.15, 0.2) is 0 Å². The third kappa shape index (κ3) is 3.28. The Morgan fingerprint density at radius 3 is 2.70 bits per heavy atom. The molecule has 1 aliphatic heterocycles. The third-order valence-electron chi connectivity index (χ3n) is 3.31. The average Bonchev–Trinajstić information content (AvgIpc) is 2.85. The Morgan fingerprint density at radius 2 is 2.15 bits per heavy atom. The monoisotopic (exact) mass is 369 g/mol. The second-order valence-corrected chi connectivity index (χ2v) is 5.97. The van der Waals surface area contributed by atoms with E-state index in [-0.39, 0.29) is 11.5 Å². The molecule has 0 aromatic heterocycles. The van der Waals surface area contributed by atoms with Gasteiger partial charge in [-0.2, -0.15) is 13.2 Å². The molecule has 1 aromatic carbocycles. The van der Waals surface area contributed by atoms with Gasteiger partial charge in [0, 0.05) is 23.4 Å². The van der Waals surface area contributed by atoms with Gasteiger partial charge in [-0.3, -0.25) is 4.79 Å². The van der Waals surface area contributed by atoms with Crippen molar-refractivity contribution < 1.29 is 18.0 Å². The van der Waals surface area contributed by atoms with Crippen LogP contribution in [0.5, 0.6) is 0 Å². The van der Waals surface area contributed by atoms with Gasteiger partial charge in [-0.15, -0.1) is 11.6 Å². The van der Waals surface area contributed by atoms with Gasteiger partial charge < -0.3 is 4.90 Å². The SMILES string of the molecule is O=C(c1ccc(Br)cc1C(F)(F)F)N1CCC(CCl)C1. The Morgan fingerprint density at radius 1 is 1.45 bits per heavy atom. The molecule has 0 radical (unpaired) electrons. The maximum absolute atomic E-state index is 13.0. The van der Waals surface area contributed by atoms with Crippen LogP contribution < -0.4 is 0 Å². The standard InChI is InChI=1S/C13H12BrClF3NO/c14-9-1-2-10(11(5-9)13(16,17)18)12(20)19-4-3-8(6-15)7-19/h1-2,5,8H,3-4,6-7H2. The Bertz CT molecular complexity index is 521. The quantitative estimate of drug-likeness (QED) is 0.716. The van der Waals surface area contributed by atoms with E-state index in [1.54, 1.807) is 0 Å². The van der Waals surface area contributed by atoms with Crippen molar-refractivity contribution in [2.24, 2.45) is 5.92 Å². The number of carbonyl (C=O) groups excluding carboxylic acids is 1. The van der Waals surface area contributed by atoms with Crippen LogP contribution in [0.15, 0.2) is 22.7 Å². The number of hydrogen-bond donors (Lipinski definition) is 0. The highest BCUT2D eigenvalue weighted by atomic mass is 79.9. The smallest absolute Gasteiger partial charge is 0.338 e. The summed E-state index contributed by atoms with van der Waals surface area (Å²) in [5.41, 5.74) is -1.22. The molecule has 1 aromatic rings. The van der Waals surface area contributed by atoms with Crippen molar-refractivity contribution in [3.8, 4) is 0 Å². The summed E-state index contributed by atoms with van der Waals surface area (Å²) in [6, 6.07) is 3.59. The van der Waals surface area contributed by atoms with E-state index in [0.29, 0.717) is 23.4 Å². The topological polar surface area (TPSA) is 20.3 Å². The van der Waals surface area contributed by atoms with Crippen molar-refractivity contribution in [3.05, 3.63) is 33.8 Å². The molecule has 7 heteroatoms. The van der Waals surface area contributed by atoms with Crippen molar-refractivity contribution in [1.29, 1.82) is 0 Å². The Kier molecular flexibility index (Phi) is 4.64. The van der Waals surface area contributed by atoms with E-state index in [0.717, 1.165) is 12.5 Å². The number of amides is 1. The lowest BCUT2D eigenvalue weighted by atomic mass is 10.1. The molecule has 1 saturated heterocycles.